The largest absolute Gasteiger partial charge is 0.399 e. The Balaban J connectivity index is 2.05. The Morgan fingerprint density at radius 3 is 2.60 bits per heavy atom. The van der Waals surface area contributed by atoms with Crippen molar-refractivity contribution in [1.82, 2.24) is 5.32 Å². The van der Waals surface area contributed by atoms with Crippen LogP contribution >= 0.6 is 0 Å². The second kappa shape index (κ2) is 4.67. The lowest BCUT2D eigenvalue weighted by Gasteiger charge is -2.29. The van der Waals surface area contributed by atoms with E-state index < -0.39 is 0 Å². The zero-order chi connectivity index (χ0) is 10.7. The Hall–Kier alpha value is -1.02. The van der Waals surface area contributed by atoms with Crippen molar-refractivity contribution in [3.8, 4) is 0 Å². The molecule has 1 heterocycles. The molecule has 1 aromatic carbocycles. The molecule has 1 aromatic rings. The first kappa shape index (κ1) is 10.5. The topological polar surface area (TPSA) is 38.0 Å². The third-order valence-electron chi connectivity index (χ3n) is 3.41. The number of benzene rings is 1. The molecule has 2 nitrogen and oxygen atoms in total. The van der Waals surface area contributed by atoms with E-state index in [0.717, 1.165) is 5.69 Å². The lowest BCUT2D eigenvalue weighted by Crippen LogP contribution is -2.37. The van der Waals surface area contributed by atoms with Crippen LogP contribution in [0.2, 0.25) is 0 Å². The van der Waals surface area contributed by atoms with Crippen LogP contribution in [0.5, 0.6) is 0 Å². The number of hydrogen-bond donors (Lipinski definition) is 2. The maximum absolute atomic E-state index is 5.69. The minimum Gasteiger partial charge on any atom is -0.399 e. The van der Waals surface area contributed by atoms with Crippen molar-refractivity contribution in [3.05, 3.63) is 29.8 Å². The van der Waals surface area contributed by atoms with Crippen molar-refractivity contribution >= 4 is 5.69 Å². The fourth-order valence-corrected chi connectivity index (χ4v) is 2.34. The number of nitrogens with one attached hydrogen (secondary N) is 1. The van der Waals surface area contributed by atoms with Gasteiger partial charge in [0, 0.05) is 11.7 Å². The third kappa shape index (κ3) is 2.51. The summed E-state index contributed by atoms with van der Waals surface area (Å²) < 4.78 is 0. The Morgan fingerprint density at radius 2 is 2.00 bits per heavy atom. The van der Waals surface area contributed by atoms with Crippen molar-refractivity contribution in [2.45, 2.75) is 38.1 Å². The minimum absolute atomic E-state index is 0.589. The molecule has 3 N–H and O–H groups in total. The highest BCUT2D eigenvalue weighted by atomic mass is 14.9. The van der Waals surface area contributed by atoms with E-state index in [1.54, 1.807) is 0 Å². The monoisotopic (exact) mass is 204 g/mol. The number of nitrogen functional groups attached to an aromatic ring is 1. The van der Waals surface area contributed by atoms with Gasteiger partial charge in [0.1, 0.15) is 0 Å². The van der Waals surface area contributed by atoms with E-state index in [-0.39, 0.29) is 0 Å². The minimum atomic E-state index is 0.589. The summed E-state index contributed by atoms with van der Waals surface area (Å²) in [5.41, 5.74) is 7.93. The highest BCUT2D eigenvalue weighted by Gasteiger charge is 2.20. The molecule has 1 aliphatic rings. The van der Waals surface area contributed by atoms with Gasteiger partial charge in [0.25, 0.3) is 0 Å². The second-order valence-corrected chi connectivity index (χ2v) is 4.51. The van der Waals surface area contributed by atoms with Gasteiger partial charge in [0.2, 0.25) is 0 Å². The number of anilines is 1. The van der Waals surface area contributed by atoms with Crippen LogP contribution in [0.25, 0.3) is 0 Å². The smallest absolute Gasteiger partial charge is 0.0314 e. The van der Waals surface area contributed by atoms with Gasteiger partial charge in [-0.05, 0) is 43.0 Å². The molecule has 15 heavy (non-hydrogen) atoms. The Bertz CT molecular complexity index is 299. The Kier molecular flexibility index (Phi) is 3.27. The average molecular weight is 204 g/mol. The molecule has 0 bridgehead atoms. The molecule has 0 radical (unpaired) electrons. The summed E-state index contributed by atoms with van der Waals surface area (Å²) in [6.45, 7) is 3.47. The molecule has 1 saturated heterocycles. The summed E-state index contributed by atoms with van der Waals surface area (Å²) >= 11 is 0. The van der Waals surface area contributed by atoms with Crippen molar-refractivity contribution in [2.24, 2.45) is 0 Å². The van der Waals surface area contributed by atoms with E-state index in [2.05, 4.69) is 24.4 Å². The van der Waals surface area contributed by atoms with E-state index in [9.17, 15) is 0 Å². The molecule has 2 atom stereocenters. The first-order valence-corrected chi connectivity index (χ1v) is 5.86. The first-order chi connectivity index (χ1) is 7.27. The molecule has 2 heteroatoms. The molecule has 82 valence electrons. The van der Waals surface area contributed by atoms with E-state index >= 15 is 0 Å². The first-order valence-electron chi connectivity index (χ1n) is 5.86. The Labute approximate surface area is 91.9 Å². The lowest BCUT2D eigenvalue weighted by molar-refractivity contribution is 0.361. The standard InChI is InChI=1S/C13H20N2/c1-10(13-4-2-3-9-15-13)11-5-7-12(14)8-6-11/h5-8,10,13,15H,2-4,9,14H2,1H3. The third-order valence-corrected chi connectivity index (χ3v) is 3.41. The van der Waals surface area contributed by atoms with Crippen LogP contribution in [0.1, 0.15) is 37.7 Å². The van der Waals surface area contributed by atoms with Crippen LogP contribution in [-0.4, -0.2) is 12.6 Å². The van der Waals surface area contributed by atoms with Crippen molar-refractivity contribution in [3.63, 3.8) is 0 Å². The molecule has 0 aliphatic carbocycles. The summed E-state index contributed by atoms with van der Waals surface area (Å²) in [5, 5.41) is 3.60. The van der Waals surface area contributed by atoms with Crippen molar-refractivity contribution < 1.29 is 0 Å². The van der Waals surface area contributed by atoms with Crippen LogP contribution < -0.4 is 11.1 Å². The van der Waals surface area contributed by atoms with Crippen LogP contribution in [0.15, 0.2) is 24.3 Å². The van der Waals surface area contributed by atoms with Crippen LogP contribution in [-0.2, 0) is 0 Å². The van der Waals surface area contributed by atoms with Crippen LogP contribution in [0.4, 0.5) is 5.69 Å². The maximum atomic E-state index is 5.69. The SMILES string of the molecule is CC(c1ccc(N)cc1)C1CCCCN1. The van der Waals surface area contributed by atoms with E-state index in [4.69, 9.17) is 5.73 Å². The molecule has 0 aromatic heterocycles. The van der Waals surface area contributed by atoms with E-state index in [0.29, 0.717) is 12.0 Å². The summed E-state index contributed by atoms with van der Waals surface area (Å²) in [6.07, 6.45) is 3.98. The van der Waals surface area contributed by atoms with Gasteiger partial charge in [-0.3, -0.25) is 0 Å². The van der Waals surface area contributed by atoms with Gasteiger partial charge < -0.3 is 11.1 Å². The number of nitrogens with two attached hydrogens (primary N) is 1. The quantitative estimate of drug-likeness (QED) is 0.726. The number of piperidine rings is 1. The Morgan fingerprint density at radius 1 is 1.27 bits per heavy atom. The fourth-order valence-electron chi connectivity index (χ4n) is 2.34. The summed E-state index contributed by atoms with van der Waals surface area (Å²) in [5.74, 6) is 0.589. The van der Waals surface area contributed by atoms with Gasteiger partial charge in [0.05, 0.1) is 0 Å². The van der Waals surface area contributed by atoms with Crippen molar-refractivity contribution in [2.75, 3.05) is 12.3 Å². The average Bonchev–Trinajstić information content (AvgIpc) is 2.30. The van der Waals surface area contributed by atoms with E-state index in [1.807, 2.05) is 12.1 Å². The summed E-state index contributed by atoms with van der Waals surface area (Å²) in [6, 6.07) is 8.93. The van der Waals surface area contributed by atoms with Gasteiger partial charge in [-0.25, -0.2) is 0 Å². The van der Waals surface area contributed by atoms with Crippen LogP contribution in [0, 0.1) is 0 Å². The summed E-state index contributed by atoms with van der Waals surface area (Å²) in [4.78, 5) is 0. The highest BCUT2D eigenvalue weighted by Crippen LogP contribution is 2.25. The van der Waals surface area contributed by atoms with Gasteiger partial charge in [-0.15, -0.1) is 0 Å². The van der Waals surface area contributed by atoms with Gasteiger partial charge in [-0.2, -0.15) is 0 Å². The van der Waals surface area contributed by atoms with Crippen LogP contribution in [0.3, 0.4) is 0 Å². The lowest BCUT2D eigenvalue weighted by atomic mass is 9.88. The van der Waals surface area contributed by atoms with Gasteiger partial charge in [0.15, 0.2) is 0 Å². The molecular weight excluding hydrogens is 184 g/mol. The van der Waals surface area contributed by atoms with E-state index in [1.165, 1.54) is 31.4 Å². The number of hydrogen-bond acceptors (Lipinski definition) is 2. The predicted octanol–water partition coefficient (Wildman–Crippen LogP) is 2.51. The summed E-state index contributed by atoms with van der Waals surface area (Å²) in [7, 11) is 0. The molecule has 2 rings (SSSR count). The molecule has 0 spiro atoms. The van der Waals surface area contributed by atoms with Gasteiger partial charge >= 0.3 is 0 Å². The predicted molar refractivity (Wildman–Crippen MR) is 64.9 cm³/mol. The zero-order valence-electron chi connectivity index (χ0n) is 9.37. The molecule has 1 fully saturated rings. The highest BCUT2D eigenvalue weighted by molar-refractivity contribution is 5.40. The molecular formula is C13H20N2. The normalized spacial score (nSPS) is 23.7. The van der Waals surface area contributed by atoms with Crippen molar-refractivity contribution in [1.29, 1.82) is 0 Å². The molecule has 2 unspecified atom stereocenters. The second-order valence-electron chi connectivity index (χ2n) is 4.51. The number of rotatable bonds is 2. The fraction of sp³-hybridized carbons (Fsp3) is 0.538. The zero-order valence-corrected chi connectivity index (χ0v) is 9.37. The molecule has 0 amide bonds. The molecule has 1 aliphatic heterocycles. The maximum Gasteiger partial charge on any atom is 0.0314 e. The molecule has 0 saturated carbocycles. The van der Waals surface area contributed by atoms with Gasteiger partial charge in [-0.1, -0.05) is 25.5 Å².